The largest absolute Gasteiger partial charge is 0.294 e. The van der Waals surface area contributed by atoms with Gasteiger partial charge in [0.15, 0.2) is 5.78 Å². The van der Waals surface area contributed by atoms with E-state index in [0.717, 1.165) is 28.5 Å². The zero-order valence-electron chi connectivity index (χ0n) is 10.8. The highest BCUT2D eigenvalue weighted by Gasteiger charge is 2.23. The quantitative estimate of drug-likeness (QED) is 0.804. The van der Waals surface area contributed by atoms with Crippen molar-refractivity contribution in [1.29, 1.82) is 0 Å². The Morgan fingerprint density at radius 2 is 2.06 bits per heavy atom. The number of H-pyrrole nitrogens is 1. The Labute approximate surface area is 101 Å². The van der Waals surface area contributed by atoms with E-state index in [0.29, 0.717) is 0 Å². The fourth-order valence-corrected chi connectivity index (χ4v) is 1.97. The van der Waals surface area contributed by atoms with Crippen LogP contribution in [0.2, 0.25) is 0 Å². The summed E-state index contributed by atoms with van der Waals surface area (Å²) >= 11 is 0. The van der Waals surface area contributed by atoms with Crippen molar-refractivity contribution in [1.82, 2.24) is 10.2 Å². The van der Waals surface area contributed by atoms with Crippen molar-refractivity contribution in [3.8, 4) is 0 Å². The van der Waals surface area contributed by atoms with Crippen molar-refractivity contribution >= 4 is 16.7 Å². The second-order valence-corrected chi connectivity index (χ2v) is 5.40. The summed E-state index contributed by atoms with van der Waals surface area (Å²) in [5, 5.41) is 8.03. The minimum atomic E-state index is -0.345. The lowest BCUT2D eigenvalue weighted by molar-refractivity contribution is 0.0858. The molecule has 0 aliphatic rings. The van der Waals surface area contributed by atoms with Gasteiger partial charge in [-0.2, -0.15) is 5.10 Å². The van der Waals surface area contributed by atoms with Gasteiger partial charge in [0.05, 0.1) is 11.7 Å². The highest BCUT2D eigenvalue weighted by Crippen LogP contribution is 2.25. The topological polar surface area (TPSA) is 45.8 Å². The fraction of sp³-hybridized carbons (Fsp3) is 0.429. The molecule has 0 aliphatic carbocycles. The second-order valence-electron chi connectivity index (χ2n) is 5.40. The number of aryl methyl sites for hydroxylation is 1. The van der Waals surface area contributed by atoms with E-state index >= 15 is 0 Å². The van der Waals surface area contributed by atoms with Crippen LogP contribution in [0.25, 0.3) is 10.9 Å². The molecule has 0 fully saturated rings. The SMILES string of the molecule is CCc1cc(C(=O)C(C)(C)C)cc2cn[nH]c12. The second kappa shape index (κ2) is 3.99. The van der Waals surface area contributed by atoms with E-state index in [2.05, 4.69) is 17.1 Å². The lowest BCUT2D eigenvalue weighted by Crippen LogP contribution is -2.20. The summed E-state index contributed by atoms with van der Waals surface area (Å²) in [5.74, 6) is 0.176. The monoisotopic (exact) mass is 230 g/mol. The summed E-state index contributed by atoms with van der Waals surface area (Å²) in [6.07, 6.45) is 2.66. The summed E-state index contributed by atoms with van der Waals surface area (Å²) in [7, 11) is 0. The molecule has 0 spiro atoms. The van der Waals surface area contributed by atoms with Crippen LogP contribution >= 0.6 is 0 Å². The molecule has 2 aromatic rings. The Kier molecular flexibility index (Phi) is 2.77. The van der Waals surface area contributed by atoms with Gasteiger partial charge in [-0.25, -0.2) is 0 Å². The van der Waals surface area contributed by atoms with Gasteiger partial charge in [-0.3, -0.25) is 9.89 Å². The molecule has 0 aliphatic heterocycles. The van der Waals surface area contributed by atoms with Crippen molar-refractivity contribution in [2.45, 2.75) is 34.1 Å². The molecule has 3 heteroatoms. The van der Waals surface area contributed by atoms with Gasteiger partial charge in [0, 0.05) is 16.4 Å². The van der Waals surface area contributed by atoms with Crippen molar-refractivity contribution < 1.29 is 4.79 Å². The number of fused-ring (bicyclic) bond motifs is 1. The van der Waals surface area contributed by atoms with Crippen LogP contribution in [0.15, 0.2) is 18.3 Å². The molecule has 17 heavy (non-hydrogen) atoms. The predicted molar refractivity (Wildman–Crippen MR) is 69.3 cm³/mol. The van der Waals surface area contributed by atoms with E-state index in [1.165, 1.54) is 0 Å². The maximum atomic E-state index is 12.3. The van der Waals surface area contributed by atoms with Crippen LogP contribution in [-0.4, -0.2) is 16.0 Å². The van der Waals surface area contributed by atoms with E-state index in [1.54, 1.807) is 6.20 Å². The maximum absolute atomic E-state index is 12.3. The minimum absolute atomic E-state index is 0.176. The summed E-state index contributed by atoms with van der Waals surface area (Å²) in [4.78, 5) is 12.3. The van der Waals surface area contributed by atoms with Crippen molar-refractivity contribution in [2.24, 2.45) is 5.41 Å². The van der Waals surface area contributed by atoms with Crippen LogP contribution in [0.3, 0.4) is 0 Å². The van der Waals surface area contributed by atoms with E-state index in [9.17, 15) is 4.79 Å². The third kappa shape index (κ3) is 2.09. The van der Waals surface area contributed by atoms with Crippen LogP contribution in [0.4, 0.5) is 0 Å². The Balaban J connectivity index is 2.60. The number of carbonyl (C=O) groups excluding carboxylic acids is 1. The maximum Gasteiger partial charge on any atom is 0.168 e. The first-order chi connectivity index (χ1) is 7.93. The molecule has 2 rings (SSSR count). The molecule has 0 radical (unpaired) electrons. The molecule has 0 bridgehead atoms. The van der Waals surface area contributed by atoms with Gasteiger partial charge in [0.1, 0.15) is 0 Å². The highest BCUT2D eigenvalue weighted by molar-refractivity contribution is 6.03. The fourth-order valence-electron chi connectivity index (χ4n) is 1.97. The average Bonchev–Trinajstić information content (AvgIpc) is 2.73. The number of nitrogens with zero attached hydrogens (tertiary/aromatic N) is 1. The first kappa shape index (κ1) is 11.8. The number of aromatic amines is 1. The number of Topliss-reactive ketones (excluding diaryl/α,β-unsaturated/α-hetero) is 1. The van der Waals surface area contributed by atoms with E-state index in [4.69, 9.17) is 0 Å². The minimum Gasteiger partial charge on any atom is -0.294 e. The number of benzene rings is 1. The first-order valence-corrected chi connectivity index (χ1v) is 5.94. The third-order valence-corrected chi connectivity index (χ3v) is 2.95. The molecule has 0 unspecified atom stereocenters. The Bertz CT molecular complexity index is 561. The number of rotatable bonds is 2. The first-order valence-electron chi connectivity index (χ1n) is 5.94. The zero-order chi connectivity index (χ0) is 12.6. The normalized spacial score (nSPS) is 12.0. The van der Waals surface area contributed by atoms with Crippen molar-refractivity contribution in [2.75, 3.05) is 0 Å². The van der Waals surface area contributed by atoms with Crippen LogP contribution in [0.1, 0.15) is 43.6 Å². The predicted octanol–water partition coefficient (Wildman–Crippen LogP) is 3.35. The van der Waals surface area contributed by atoms with Gasteiger partial charge in [0.2, 0.25) is 0 Å². The Morgan fingerprint density at radius 1 is 1.35 bits per heavy atom. The molecule has 1 heterocycles. The van der Waals surface area contributed by atoms with Crippen molar-refractivity contribution in [3.05, 3.63) is 29.5 Å². The number of hydrogen-bond donors (Lipinski definition) is 1. The van der Waals surface area contributed by atoms with E-state index in [1.807, 2.05) is 32.9 Å². The van der Waals surface area contributed by atoms with Crippen LogP contribution in [0.5, 0.6) is 0 Å². The van der Waals surface area contributed by atoms with Crippen molar-refractivity contribution in [3.63, 3.8) is 0 Å². The molecular weight excluding hydrogens is 212 g/mol. The third-order valence-electron chi connectivity index (χ3n) is 2.95. The van der Waals surface area contributed by atoms with E-state index < -0.39 is 0 Å². The summed E-state index contributed by atoms with van der Waals surface area (Å²) in [6.45, 7) is 7.92. The summed E-state index contributed by atoms with van der Waals surface area (Å²) < 4.78 is 0. The number of aromatic nitrogens is 2. The number of ketones is 1. The van der Waals surface area contributed by atoms with Crippen LogP contribution < -0.4 is 0 Å². The summed E-state index contributed by atoms with van der Waals surface area (Å²) in [5.41, 5.74) is 2.62. The molecule has 90 valence electrons. The molecule has 3 nitrogen and oxygen atoms in total. The molecule has 0 saturated heterocycles. The van der Waals surface area contributed by atoms with E-state index in [-0.39, 0.29) is 11.2 Å². The smallest absolute Gasteiger partial charge is 0.168 e. The molecular formula is C14H18N2O. The lowest BCUT2D eigenvalue weighted by Gasteiger charge is -2.17. The Hall–Kier alpha value is -1.64. The molecule has 0 atom stereocenters. The zero-order valence-corrected chi connectivity index (χ0v) is 10.8. The molecule has 1 aromatic carbocycles. The lowest BCUT2D eigenvalue weighted by atomic mass is 9.85. The highest BCUT2D eigenvalue weighted by atomic mass is 16.1. The van der Waals surface area contributed by atoms with Gasteiger partial charge in [-0.1, -0.05) is 27.7 Å². The van der Waals surface area contributed by atoms with Gasteiger partial charge in [-0.05, 0) is 24.1 Å². The van der Waals surface area contributed by atoms with Gasteiger partial charge in [-0.15, -0.1) is 0 Å². The number of carbonyl (C=O) groups is 1. The molecule has 1 N–H and O–H groups in total. The number of hydrogen-bond acceptors (Lipinski definition) is 2. The molecule has 0 saturated carbocycles. The van der Waals surface area contributed by atoms with Gasteiger partial charge >= 0.3 is 0 Å². The van der Waals surface area contributed by atoms with Gasteiger partial charge in [0.25, 0.3) is 0 Å². The summed E-state index contributed by atoms with van der Waals surface area (Å²) in [6, 6.07) is 3.90. The average molecular weight is 230 g/mol. The van der Waals surface area contributed by atoms with Crippen LogP contribution in [0, 0.1) is 5.41 Å². The standard InChI is InChI=1S/C14H18N2O/c1-5-9-6-10(13(17)14(2,3)4)7-11-8-15-16-12(9)11/h6-8H,5H2,1-4H3,(H,15,16). The van der Waals surface area contributed by atoms with Crippen LogP contribution in [-0.2, 0) is 6.42 Å². The Morgan fingerprint density at radius 3 is 2.65 bits per heavy atom. The number of nitrogens with one attached hydrogen (secondary N) is 1. The molecule has 0 amide bonds. The van der Waals surface area contributed by atoms with Gasteiger partial charge < -0.3 is 0 Å². The molecule has 1 aromatic heterocycles.